The van der Waals surface area contributed by atoms with Gasteiger partial charge in [0.25, 0.3) is 0 Å². The molecule has 15 heavy (non-hydrogen) atoms. The molecule has 7 heteroatoms. The number of hydrogen-bond donors (Lipinski definition) is 6. The maximum atomic E-state index is 9.43. The number of aliphatic hydroxyl groups is 6. The van der Waals surface area contributed by atoms with E-state index in [0.29, 0.717) is 0 Å². The molecule has 0 bridgehead atoms. The first-order chi connectivity index (χ1) is 6.99. The van der Waals surface area contributed by atoms with Gasteiger partial charge in [0.2, 0.25) is 0 Å². The highest BCUT2D eigenvalue weighted by Gasteiger charge is 2.43. The molecule has 0 aromatic carbocycles. The quantitative estimate of drug-likeness (QED) is 0.282. The molecular weight excluding hydrogens is 208 g/mol. The molecule has 1 aliphatic rings. The molecule has 6 N–H and O–H groups in total. The normalized spacial score (nSPS) is 34.0. The van der Waals surface area contributed by atoms with E-state index in [2.05, 4.69) is 0 Å². The lowest BCUT2D eigenvalue weighted by atomic mass is 9.94. The van der Waals surface area contributed by atoms with E-state index in [1.807, 2.05) is 0 Å². The molecule has 1 saturated heterocycles. The molecule has 7 nitrogen and oxygen atoms in total. The molecule has 0 aliphatic carbocycles. The molecule has 2 unspecified atom stereocenters. The topological polar surface area (TPSA) is 131 Å². The van der Waals surface area contributed by atoms with Gasteiger partial charge in [-0.1, -0.05) is 0 Å². The van der Waals surface area contributed by atoms with Gasteiger partial charge in [-0.15, -0.1) is 0 Å². The third-order valence-electron chi connectivity index (χ3n) is 2.46. The average Bonchev–Trinajstić information content (AvgIpc) is 2.23. The van der Waals surface area contributed by atoms with Gasteiger partial charge in [-0.2, -0.15) is 0 Å². The minimum absolute atomic E-state index is 0.0626. The summed E-state index contributed by atoms with van der Waals surface area (Å²) in [5, 5.41) is 54.7. The summed E-state index contributed by atoms with van der Waals surface area (Å²) in [5.74, 6) is 0. The molecule has 0 aromatic rings. The third kappa shape index (κ3) is 2.64. The Morgan fingerprint density at radius 1 is 1.13 bits per heavy atom. The van der Waals surface area contributed by atoms with Crippen molar-refractivity contribution in [3.63, 3.8) is 0 Å². The Hall–Kier alpha value is -0.280. The van der Waals surface area contributed by atoms with Gasteiger partial charge < -0.3 is 35.4 Å². The van der Waals surface area contributed by atoms with Crippen molar-refractivity contribution in [1.82, 2.24) is 0 Å². The summed E-state index contributed by atoms with van der Waals surface area (Å²) < 4.78 is 4.77. The highest BCUT2D eigenvalue weighted by Crippen LogP contribution is 2.20. The first kappa shape index (κ1) is 12.8. The fourth-order valence-corrected chi connectivity index (χ4v) is 1.35. The van der Waals surface area contributed by atoms with E-state index in [1.165, 1.54) is 0 Å². The van der Waals surface area contributed by atoms with Gasteiger partial charge in [0.15, 0.2) is 0 Å². The lowest BCUT2D eigenvalue weighted by Gasteiger charge is -2.39. The maximum Gasteiger partial charge on any atom is 0.114 e. The fraction of sp³-hybridized carbons (Fsp3) is 1.00. The number of aliphatic hydroxyl groups excluding tert-OH is 6. The first-order valence-corrected chi connectivity index (χ1v) is 4.61. The largest absolute Gasteiger partial charge is 0.394 e. The van der Waals surface area contributed by atoms with Crippen LogP contribution in [0.3, 0.4) is 0 Å². The Balaban J connectivity index is 2.47. The van der Waals surface area contributed by atoms with Crippen LogP contribution in [0, 0.1) is 0 Å². The summed E-state index contributed by atoms with van der Waals surface area (Å²) >= 11 is 0. The predicted molar refractivity (Wildman–Crippen MR) is 46.9 cm³/mol. The van der Waals surface area contributed by atoms with Crippen LogP contribution in [-0.2, 0) is 4.74 Å². The van der Waals surface area contributed by atoms with Crippen LogP contribution >= 0.6 is 0 Å². The number of rotatable bonds is 5. The molecule has 0 aromatic heterocycles. The monoisotopic (exact) mass is 224 g/mol. The van der Waals surface area contributed by atoms with Crippen LogP contribution in [0.15, 0.2) is 0 Å². The zero-order valence-electron chi connectivity index (χ0n) is 7.97. The minimum atomic E-state index is -1.69. The lowest BCUT2D eigenvalue weighted by molar-refractivity contribution is -0.233. The van der Waals surface area contributed by atoms with Gasteiger partial charge in [0, 0.05) is 0 Å². The maximum absolute atomic E-state index is 9.43. The van der Waals surface area contributed by atoms with E-state index in [1.54, 1.807) is 0 Å². The van der Waals surface area contributed by atoms with Gasteiger partial charge in [-0.25, -0.2) is 0 Å². The Morgan fingerprint density at radius 3 is 2.07 bits per heavy atom. The Kier molecular flexibility index (Phi) is 4.41. The second-order valence-electron chi connectivity index (χ2n) is 3.59. The molecule has 0 amide bonds. The summed E-state index contributed by atoms with van der Waals surface area (Å²) in [6.07, 6.45) is -8.31. The van der Waals surface area contributed by atoms with Gasteiger partial charge in [0.05, 0.1) is 13.2 Å². The zero-order valence-corrected chi connectivity index (χ0v) is 7.97. The van der Waals surface area contributed by atoms with E-state index < -0.39 is 43.2 Å². The van der Waals surface area contributed by atoms with Crippen molar-refractivity contribution in [3.8, 4) is 0 Å². The summed E-state index contributed by atoms with van der Waals surface area (Å²) in [4.78, 5) is 0. The van der Waals surface area contributed by atoms with Crippen LogP contribution in [0.4, 0.5) is 0 Å². The van der Waals surface area contributed by atoms with Crippen molar-refractivity contribution < 1.29 is 35.4 Å². The van der Waals surface area contributed by atoms with Crippen molar-refractivity contribution in [1.29, 1.82) is 0 Å². The van der Waals surface area contributed by atoms with Crippen LogP contribution in [-0.4, -0.2) is 80.5 Å². The van der Waals surface area contributed by atoms with Gasteiger partial charge >= 0.3 is 0 Å². The minimum Gasteiger partial charge on any atom is -0.394 e. The molecule has 6 atom stereocenters. The molecule has 1 aliphatic heterocycles. The zero-order chi connectivity index (χ0) is 11.6. The molecule has 1 rings (SSSR count). The van der Waals surface area contributed by atoms with Gasteiger partial charge in [-0.3, -0.25) is 0 Å². The summed E-state index contributed by atoms with van der Waals surface area (Å²) in [5.41, 5.74) is 0. The Morgan fingerprint density at radius 2 is 1.73 bits per heavy atom. The van der Waals surface area contributed by atoms with Gasteiger partial charge in [0.1, 0.15) is 36.6 Å². The van der Waals surface area contributed by atoms with E-state index in [-0.39, 0.29) is 6.61 Å². The van der Waals surface area contributed by atoms with Crippen LogP contribution < -0.4 is 0 Å². The average molecular weight is 224 g/mol. The van der Waals surface area contributed by atoms with Crippen LogP contribution in [0.1, 0.15) is 0 Å². The van der Waals surface area contributed by atoms with E-state index >= 15 is 0 Å². The van der Waals surface area contributed by atoms with Crippen molar-refractivity contribution in [2.45, 2.75) is 36.6 Å². The lowest BCUT2D eigenvalue weighted by Crippen LogP contribution is -2.59. The van der Waals surface area contributed by atoms with Crippen molar-refractivity contribution >= 4 is 0 Å². The van der Waals surface area contributed by atoms with Gasteiger partial charge in [-0.05, 0) is 0 Å². The second-order valence-corrected chi connectivity index (χ2v) is 3.59. The predicted octanol–water partition coefficient (Wildman–Crippen LogP) is -3.82. The molecule has 1 fully saturated rings. The van der Waals surface area contributed by atoms with E-state index in [9.17, 15) is 15.3 Å². The molecule has 90 valence electrons. The number of ether oxygens (including phenoxy) is 1. The van der Waals surface area contributed by atoms with E-state index in [0.717, 1.165) is 0 Å². The van der Waals surface area contributed by atoms with Crippen LogP contribution in [0.5, 0.6) is 0 Å². The van der Waals surface area contributed by atoms with Crippen LogP contribution in [0.25, 0.3) is 0 Å². The number of hydrogen-bond acceptors (Lipinski definition) is 7. The SMILES string of the molecule is OC[C@@H](O)[C@@H](O)[C@H](O)[C@@H](O)C1OCC1O. The smallest absolute Gasteiger partial charge is 0.114 e. The summed E-state index contributed by atoms with van der Waals surface area (Å²) in [7, 11) is 0. The standard InChI is InChI=1S/C8H16O7/c9-1-3(10)5(12)6(13)7(14)8-4(11)2-15-8/h3-14H,1-2H2/t3-,4?,5-,6+,7-,8?/m1/s1. The molecule has 0 saturated carbocycles. The Bertz CT molecular complexity index is 199. The fourth-order valence-electron chi connectivity index (χ4n) is 1.35. The molecule has 1 heterocycles. The first-order valence-electron chi connectivity index (χ1n) is 4.61. The molecule has 0 spiro atoms. The highest BCUT2D eigenvalue weighted by molar-refractivity contribution is 4.92. The van der Waals surface area contributed by atoms with Crippen molar-refractivity contribution in [2.24, 2.45) is 0 Å². The second kappa shape index (κ2) is 5.17. The van der Waals surface area contributed by atoms with Crippen molar-refractivity contribution in [3.05, 3.63) is 0 Å². The van der Waals surface area contributed by atoms with Crippen LogP contribution in [0.2, 0.25) is 0 Å². The summed E-state index contributed by atoms with van der Waals surface area (Å²) in [6, 6.07) is 0. The van der Waals surface area contributed by atoms with E-state index in [4.69, 9.17) is 20.1 Å². The molecule has 0 radical (unpaired) electrons. The highest BCUT2D eigenvalue weighted by atomic mass is 16.6. The Labute approximate surface area is 86.2 Å². The molecular formula is C8H16O7. The van der Waals surface area contributed by atoms with Crippen molar-refractivity contribution in [2.75, 3.05) is 13.2 Å². The third-order valence-corrected chi connectivity index (χ3v) is 2.46. The summed E-state index contributed by atoms with van der Waals surface area (Å²) in [6.45, 7) is -0.674.